The monoisotopic (exact) mass is 325 g/mol. The van der Waals surface area contributed by atoms with Crippen LogP contribution in [-0.4, -0.2) is 26.7 Å². The number of aromatic hydroxyl groups is 1. The van der Waals surface area contributed by atoms with Crippen molar-refractivity contribution in [3.8, 4) is 5.75 Å². The van der Waals surface area contributed by atoms with E-state index < -0.39 is 16.6 Å². The van der Waals surface area contributed by atoms with E-state index in [0.717, 1.165) is 0 Å². The molecule has 8 heteroatoms. The maximum absolute atomic E-state index is 12.3. The highest BCUT2D eigenvalue weighted by Gasteiger charge is 2.21. The number of fused-ring (bicyclic) bond motifs is 1. The largest absolute Gasteiger partial charge is 0.508 e. The van der Waals surface area contributed by atoms with E-state index in [9.17, 15) is 24.8 Å². The zero-order chi connectivity index (χ0) is 17.3. The van der Waals surface area contributed by atoms with Gasteiger partial charge in [0.1, 0.15) is 5.75 Å². The normalized spacial score (nSPS) is 10.5. The molecule has 1 aromatic heterocycles. The standard InChI is InChI=1S/C16H11N3O5/c20-11-4-1-9(2-5-11)18-16(22)15(21)13-8-17-14-7-10(19(23)24)3-6-12(13)14/h1-8,17,20H,(H,18,22). The molecule has 0 saturated heterocycles. The van der Waals surface area contributed by atoms with Crippen molar-refractivity contribution in [1.29, 1.82) is 0 Å². The van der Waals surface area contributed by atoms with Gasteiger partial charge in [-0.3, -0.25) is 19.7 Å². The highest BCUT2D eigenvalue weighted by atomic mass is 16.6. The number of ketones is 1. The van der Waals surface area contributed by atoms with Gasteiger partial charge in [0.2, 0.25) is 0 Å². The number of nitrogens with one attached hydrogen (secondary N) is 2. The number of rotatable bonds is 4. The Kier molecular flexibility index (Phi) is 3.70. The molecule has 0 aliphatic heterocycles. The number of anilines is 1. The van der Waals surface area contributed by atoms with Gasteiger partial charge in [-0.2, -0.15) is 0 Å². The van der Waals surface area contributed by atoms with Crippen molar-refractivity contribution < 1.29 is 19.6 Å². The van der Waals surface area contributed by atoms with Gasteiger partial charge >= 0.3 is 0 Å². The summed E-state index contributed by atoms with van der Waals surface area (Å²) in [7, 11) is 0. The average Bonchev–Trinajstić information content (AvgIpc) is 2.99. The summed E-state index contributed by atoms with van der Waals surface area (Å²) in [5, 5.41) is 22.8. The van der Waals surface area contributed by atoms with Crippen LogP contribution in [0.2, 0.25) is 0 Å². The molecule has 0 radical (unpaired) electrons. The number of aromatic amines is 1. The van der Waals surface area contributed by atoms with Crippen LogP contribution in [-0.2, 0) is 4.79 Å². The van der Waals surface area contributed by atoms with Crippen LogP contribution in [0, 0.1) is 10.1 Å². The first kappa shape index (κ1) is 15.2. The molecule has 8 nitrogen and oxygen atoms in total. The molecule has 2 aromatic carbocycles. The molecule has 24 heavy (non-hydrogen) atoms. The number of aromatic nitrogens is 1. The highest BCUT2D eigenvalue weighted by molar-refractivity contribution is 6.48. The molecule has 0 atom stereocenters. The Morgan fingerprint density at radius 3 is 2.50 bits per heavy atom. The topological polar surface area (TPSA) is 125 Å². The predicted octanol–water partition coefficient (Wildman–Crippen LogP) is 2.60. The Morgan fingerprint density at radius 2 is 1.83 bits per heavy atom. The number of non-ortho nitro benzene ring substituents is 1. The number of H-pyrrole nitrogens is 1. The quantitative estimate of drug-likeness (QED) is 0.223. The van der Waals surface area contributed by atoms with Crippen LogP contribution >= 0.6 is 0 Å². The van der Waals surface area contributed by atoms with Crippen LogP contribution in [0.1, 0.15) is 10.4 Å². The molecule has 0 fully saturated rings. The van der Waals surface area contributed by atoms with Crippen LogP contribution < -0.4 is 5.32 Å². The lowest BCUT2D eigenvalue weighted by Gasteiger charge is -2.04. The number of nitrogens with zero attached hydrogens (tertiary/aromatic N) is 1. The Balaban J connectivity index is 1.86. The van der Waals surface area contributed by atoms with Gasteiger partial charge in [-0.05, 0) is 30.3 Å². The minimum absolute atomic E-state index is 0.0394. The number of Topliss-reactive ketones (excluding diaryl/α,β-unsaturated/α-hetero) is 1. The van der Waals surface area contributed by atoms with Gasteiger partial charge in [0, 0.05) is 29.4 Å². The van der Waals surface area contributed by atoms with E-state index in [1.165, 1.54) is 48.7 Å². The van der Waals surface area contributed by atoms with E-state index in [1.807, 2.05) is 0 Å². The molecule has 3 aromatic rings. The second-order valence-electron chi connectivity index (χ2n) is 5.02. The molecule has 0 bridgehead atoms. The second kappa shape index (κ2) is 5.84. The molecule has 3 rings (SSSR count). The highest BCUT2D eigenvalue weighted by Crippen LogP contribution is 2.24. The SMILES string of the molecule is O=C(Nc1ccc(O)cc1)C(=O)c1c[nH]c2cc([N+](=O)[O-])ccc12. The fraction of sp³-hybridized carbons (Fsp3) is 0. The predicted molar refractivity (Wildman–Crippen MR) is 86.0 cm³/mol. The van der Waals surface area contributed by atoms with E-state index in [-0.39, 0.29) is 17.0 Å². The van der Waals surface area contributed by atoms with E-state index in [1.54, 1.807) is 0 Å². The molecular formula is C16H11N3O5. The molecule has 120 valence electrons. The number of nitro benzene ring substituents is 1. The van der Waals surface area contributed by atoms with Gasteiger partial charge < -0.3 is 15.4 Å². The number of phenols is 1. The van der Waals surface area contributed by atoms with E-state index in [4.69, 9.17) is 0 Å². The molecule has 0 aliphatic carbocycles. The summed E-state index contributed by atoms with van der Waals surface area (Å²) < 4.78 is 0. The molecule has 1 heterocycles. The summed E-state index contributed by atoms with van der Waals surface area (Å²) >= 11 is 0. The number of nitro groups is 1. The fourth-order valence-electron chi connectivity index (χ4n) is 2.27. The third-order valence-electron chi connectivity index (χ3n) is 3.45. The van der Waals surface area contributed by atoms with Gasteiger partial charge in [-0.1, -0.05) is 0 Å². The zero-order valence-corrected chi connectivity index (χ0v) is 12.1. The lowest BCUT2D eigenvalue weighted by molar-refractivity contribution is -0.384. The summed E-state index contributed by atoms with van der Waals surface area (Å²) in [5.41, 5.74) is 0.764. The molecule has 0 spiro atoms. The van der Waals surface area contributed by atoms with Crippen LogP contribution in [0.5, 0.6) is 5.75 Å². The van der Waals surface area contributed by atoms with Gasteiger partial charge in [0.25, 0.3) is 17.4 Å². The molecule has 0 unspecified atom stereocenters. The van der Waals surface area contributed by atoms with Gasteiger partial charge in [-0.15, -0.1) is 0 Å². The number of benzene rings is 2. The maximum atomic E-state index is 12.3. The summed E-state index contributed by atoms with van der Waals surface area (Å²) in [6.07, 6.45) is 1.34. The van der Waals surface area contributed by atoms with Crippen LogP contribution in [0.3, 0.4) is 0 Å². The number of amides is 1. The number of carbonyl (C=O) groups excluding carboxylic acids is 2. The number of hydrogen-bond donors (Lipinski definition) is 3. The second-order valence-corrected chi connectivity index (χ2v) is 5.02. The van der Waals surface area contributed by atoms with Crippen molar-refractivity contribution in [2.45, 2.75) is 0 Å². The third-order valence-corrected chi connectivity index (χ3v) is 3.45. The summed E-state index contributed by atoms with van der Waals surface area (Å²) in [5.74, 6) is -1.58. The van der Waals surface area contributed by atoms with E-state index >= 15 is 0 Å². The summed E-state index contributed by atoms with van der Waals surface area (Å²) in [6.45, 7) is 0. The van der Waals surface area contributed by atoms with Crippen molar-refractivity contribution in [2.24, 2.45) is 0 Å². The van der Waals surface area contributed by atoms with Crippen LogP contribution in [0.15, 0.2) is 48.7 Å². The Bertz CT molecular complexity index is 960. The maximum Gasteiger partial charge on any atom is 0.296 e. The smallest absolute Gasteiger partial charge is 0.296 e. The van der Waals surface area contributed by atoms with Crippen molar-refractivity contribution in [3.05, 3.63) is 64.3 Å². The lowest BCUT2D eigenvalue weighted by Crippen LogP contribution is -2.22. The molecular weight excluding hydrogens is 314 g/mol. The molecule has 0 saturated carbocycles. The van der Waals surface area contributed by atoms with Gasteiger partial charge in [-0.25, -0.2) is 0 Å². The van der Waals surface area contributed by atoms with Crippen LogP contribution in [0.4, 0.5) is 11.4 Å². The lowest BCUT2D eigenvalue weighted by atomic mass is 10.1. The fourth-order valence-corrected chi connectivity index (χ4v) is 2.27. The minimum Gasteiger partial charge on any atom is -0.508 e. The van der Waals surface area contributed by atoms with Gasteiger partial charge in [0.05, 0.1) is 16.0 Å². The summed E-state index contributed by atoms with van der Waals surface area (Å²) in [6, 6.07) is 9.66. The number of carbonyl (C=O) groups is 2. The Hall–Kier alpha value is -3.68. The van der Waals surface area contributed by atoms with Crippen molar-refractivity contribution in [2.75, 3.05) is 5.32 Å². The zero-order valence-electron chi connectivity index (χ0n) is 12.1. The Morgan fingerprint density at radius 1 is 1.12 bits per heavy atom. The average molecular weight is 325 g/mol. The number of hydrogen-bond acceptors (Lipinski definition) is 5. The van der Waals surface area contributed by atoms with Gasteiger partial charge in [0.15, 0.2) is 0 Å². The van der Waals surface area contributed by atoms with E-state index in [2.05, 4.69) is 10.3 Å². The van der Waals surface area contributed by atoms with E-state index in [0.29, 0.717) is 16.6 Å². The molecule has 3 N–H and O–H groups in total. The first-order valence-electron chi connectivity index (χ1n) is 6.86. The first-order valence-corrected chi connectivity index (χ1v) is 6.86. The summed E-state index contributed by atoms with van der Waals surface area (Å²) in [4.78, 5) is 37.3. The minimum atomic E-state index is -0.847. The van der Waals surface area contributed by atoms with Crippen molar-refractivity contribution in [3.63, 3.8) is 0 Å². The van der Waals surface area contributed by atoms with Crippen molar-refractivity contribution >= 4 is 34.0 Å². The Labute approximate surface area is 134 Å². The number of phenolic OH excluding ortho intramolecular Hbond substituents is 1. The molecule has 0 aliphatic rings. The molecule has 1 amide bonds. The van der Waals surface area contributed by atoms with Crippen LogP contribution in [0.25, 0.3) is 10.9 Å². The third kappa shape index (κ3) is 2.80. The first-order chi connectivity index (χ1) is 11.5. The van der Waals surface area contributed by atoms with Crippen molar-refractivity contribution in [1.82, 2.24) is 4.98 Å².